The van der Waals surface area contributed by atoms with Crippen molar-refractivity contribution in [2.24, 2.45) is 0 Å². The molecule has 0 saturated carbocycles. The molecular weight excluding hydrogens is 342 g/mol. The minimum Gasteiger partial charge on any atom is -0.456 e. The number of esters is 1. The predicted octanol–water partition coefficient (Wildman–Crippen LogP) is 4.13. The highest BCUT2D eigenvalue weighted by molar-refractivity contribution is 5.97. The summed E-state index contributed by atoms with van der Waals surface area (Å²) in [5.74, 6) is -1.12. The third-order valence-electron chi connectivity index (χ3n) is 4.05. The van der Waals surface area contributed by atoms with E-state index < -0.39 is 11.9 Å². The Hall–Kier alpha value is -2.95. The molecule has 1 amide bonds. The van der Waals surface area contributed by atoms with Crippen LogP contribution in [0.25, 0.3) is 0 Å². The summed E-state index contributed by atoms with van der Waals surface area (Å²) < 4.78 is 4.94. The smallest absolute Gasteiger partial charge is 0.306 e. The zero-order valence-electron chi connectivity index (χ0n) is 16.0. The van der Waals surface area contributed by atoms with E-state index in [2.05, 4.69) is 26.1 Å². The van der Waals surface area contributed by atoms with Gasteiger partial charge in [0, 0.05) is 17.7 Å². The minimum absolute atomic E-state index is 0.0370. The van der Waals surface area contributed by atoms with Crippen LogP contribution in [0.2, 0.25) is 0 Å². The van der Waals surface area contributed by atoms with Crippen molar-refractivity contribution in [3.8, 4) is 0 Å². The van der Waals surface area contributed by atoms with Gasteiger partial charge >= 0.3 is 5.97 Å². The molecule has 0 fully saturated rings. The maximum atomic E-state index is 11.9. The molecule has 0 saturated heterocycles. The van der Waals surface area contributed by atoms with E-state index >= 15 is 0 Å². The van der Waals surface area contributed by atoms with Crippen molar-refractivity contribution in [3.63, 3.8) is 0 Å². The fourth-order valence-corrected chi connectivity index (χ4v) is 2.45. The molecule has 2 aromatic rings. The van der Waals surface area contributed by atoms with E-state index in [1.807, 2.05) is 30.3 Å². The molecule has 0 aliphatic heterocycles. The quantitative estimate of drug-likeness (QED) is 0.590. The van der Waals surface area contributed by atoms with Crippen molar-refractivity contribution < 1.29 is 19.1 Å². The second kappa shape index (κ2) is 9.12. The molecule has 27 heavy (non-hydrogen) atoms. The number of carbonyl (C=O) groups excluding carboxylic acids is 3. The Morgan fingerprint density at radius 2 is 1.52 bits per heavy atom. The highest BCUT2D eigenvalue weighted by Crippen LogP contribution is 2.23. The lowest BCUT2D eigenvalue weighted by Gasteiger charge is -2.19. The maximum absolute atomic E-state index is 11.9. The Labute approximate surface area is 159 Å². The number of anilines is 1. The standard InChI is InChI=1S/C22H25NO4/c1-22(2,3)17-9-11-18(12-10-17)23-20(25)15-27-21(26)14-13-19(24)16-7-5-4-6-8-16/h4-12H,13-15H2,1-3H3,(H,23,25). The van der Waals surface area contributed by atoms with Gasteiger partial charge in [-0.15, -0.1) is 0 Å². The largest absolute Gasteiger partial charge is 0.456 e. The topological polar surface area (TPSA) is 72.5 Å². The lowest BCUT2D eigenvalue weighted by atomic mass is 9.87. The summed E-state index contributed by atoms with van der Waals surface area (Å²) in [6.07, 6.45) is 0.0000182. The van der Waals surface area contributed by atoms with E-state index in [9.17, 15) is 14.4 Å². The average Bonchev–Trinajstić information content (AvgIpc) is 2.65. The van der Waals surface area contributed by atoms with Gasteiger partial charge in [0.1, 0.15) is 0 Å². The Kier molecular flexibility index (Phi) is 6.88. The molecule has 142 valence electrons. The molecule has 0 aliphatic rings. The van der Waals surface area contributed by atoms with E-state index in [0.29, 0.717) is 11.3 Å². The SMILES string of the molecule is CC(C)(C)c1ccc(NC(=O)COC(=O)CCC(=O)c2ccccc2)cc1. The normalized spacial score (nSPS) is 10.9. The second-order valence-electron chi connectivity index (χ2n) is 7.33. The number of carbonyl (C=O) groups is 3. The van der Waals surface area contributed by atoms with Crippen LogP contribution in [0.1, 0.15) is 49.5 Å². The van der Waals surface area contributed by atoms with Crippen LogP contribution in [0.15, 0.2) is 54.6 Å². The van der Waals surface area contributed by atoms with Crippen LogP contribution < -0.4 is 5.32 Å². The second-order valence-corrected chi connectivity index (χ2v) is 7.33. The number of Topliss-reactive ketones (excluding diaryl/α,β-unsaturated/α-hetero) is 1. The van der Waals surface area contributed by atoms with Crippen LogP contribution in [0.5, 0.6) is 0 Å². The first-order chi connectivity index (χ1) is 12.8. The van der Waals surface area contributed by atoms with Crippen LogP contribution in [-0.4, -0.2) is 24.3 Å². The number of hydrogen-bond acceptors (Lipinski definition) is 4. The van der Waals surface area contributed by atoms with Gasteiger partial charge in [0.25, 0.3) is 5.91 Å². The molecule has 0 unspecified atom stereocenters. The number of hydrogen-bond donors (Lipinski definition) is 1. The Morgan fingerprint density at radius 3 is 2.11 bits per heavy atom. The summed E-state index contributed by atoms with van der Waals surface area (Å²) in [6, 6.07) is 16.3. The van der Waals surface area contributed by atoms with E-state index in [1.54, 1.807) is 24.3 Å². The van der Waals surface area contributed by atoms with Gasteiger partial charge in [0.2, 0.25) is 0 Å². The summed E-state index contributed by atoms with van der Waals surface area (Å²) in [5, 5.41) is 2.68. The molecular formula is C22H25NO4. The van der Waals surface area contributed by atoms with Crippen LogP contribution in [0.3, 0.4) is 0 Å². The first kappa shape index (κ1) is 20.4. The molecule has 0 heterocycles. The number of ketones is 1. The predicted molar refractivity (Wildman–Crippen MR) is 105 cm³/mol. The maximum Gasteiger partial charge on any atom is 0.306 e. The molecule has 2 rings (SSSR count). The van der Waals surface area contributed by atoms with Crippen molar-refractivity contribution in [1.82, 2.24) is 0 Å². The zero-order chi connectivity index (χ0) is 19.9. The molecule has 0 aromatic heterocycles. The summed E-state index contributed by atoms with van der Waals surface area (Å²) in [6.45, 7) is 5.97. The lowest BCUT2D eigenvalue weighted by molar-refractivity contribution is -0.147. The van der Waals surface area contributed by atoms with Crippen LogP contribution in [0.4, 0.5) is 5.69 Å². The van der Waals surface area contributed by atoms with Gasteiger partial charge in [-0.2, -0.15) is 0 Å². The summed E-state index contributed by atoms with van der Waals surface area (Å²) in [7, 11) is 0. The summed E-state index contributed by atoms with van der Waals surface area (Å²) in [5.41, 5.74) is 2.40. The van der Waals surface area contributed by atoms with Crippen LogP contribution >= 0.6 is 0 Å². The fraction of sp³-hybridized carbons (Fsp3) is 0.318. The number of ether oxygens (including phenoxy) is 1. The van der Waals surface area contributed by atoms with E-state index in [1.165, 1.54) is 0 Å². The molecule has 0 spiro atoms. The monoisotopic (exact) mass is 367 g/mol. The zero-order valence-corrected chi connectivity index (χ0v) is 16.0. The van der Waals surface area contributed by atoms with Gasteiger partial charge in [-0.25, -0.2) is 0 Å². The van der Waals surface area contributed by atoms with Crippen molar-refractivity contribution in [2.45, 2.75) is 39.0 Å². The molecule has 0 radical (unpaired) electrons. The number of benzene rings is 2. The van der Waals surface area contributed by atoms with E-state index in [-0.39, 0.29) is 30.6 Å². The lowest BCUT2D eigenvalue weighted by Crippen LogP contribution is -2.21. The molecule has 5 nitrogen and oxygen atoms in total. The molecule has 5 heteroatoms. The van der Waals surface area contributed by atoms with E-state index in [4.69, 9.17) is 4.74 Å². The molecule has 1 N–H and O–H groups in total. The number of rotatable bonds is 7. The Bertz CT molecular complexity index is 789. The van der Waals surface area contributed by atoms with Crippen LogP contribution in [-0.2, 0) is 19.7 Å². The minimum atomic E-state index is -0.572. The fourth-order valence-electron chi connectivity index (χ4n) is 2.45. The van der Waals surface area contributed by atoms with Crippen molar-refractivity contribution in [1.29, 1.82) is 0 Å². The van der Waals surface area contributed by atoms with Gasteiger partial charge in [0.05, 0.1) is 6.42 Å². The third kappa shape index (κ3) is 6.70. The van der Waals surface area contributed by atoms with Crippen LogP contribution in [0, 0.1) is 0 Å². The Balaban J connectivity index is 1.73. The van der Waals surface area contributed by atoms with E-state index in [0.717, 1.165) is 5.56 Å². The number of amides is 1. The van der Waals surface area contributed by atoms with Crippen molar-refractivity contribution in [2.75, 3.05) is 11.9 Å². The highest BCUT2D eigenvalue weighted by atomic mass is 16.5. The number of nitrogens with one attached hydrogen (secondary N) is 1. The highest BCUT2D eigenvalue weighted by Gasteiger charge is 2.14. The van der Waals surface area contributed by atoms with Gasteiger partial charge in [-0.3, -0.25) is 14.4 Å². The summed E-state index contributed by atoms with van der Waals surface area (Å²) >= 11 is 0. The third-order valence-corrected chi connectivity index (χ3v) is 4.05. The van der Waals surface area contributed by atoms with Gasteiger partial charge < -0.3 is 10.1 Å². The summed E-state index contributed by atoms with van der Waals surface area (Å²) in [4.78, 5) is 35.6. The van der Waals surface area contributed by atoms with Gasteiger partial charge in [0.15, 0.2) is 12.4 Å². The first-order valence-corrected chi connectivity index (χ1v) is 8.90. The first-order valence-electron chi connectivity index (χ1n) is 8.90. The Morgan fingerprint density at radius 1 is 0.889 bits per heavy atom. The molecule has 0 bridgehead atoms. The molecule has 2 aromatic carbocycles. The molecule has 0 atom stereocenters. The average molecular weight is 367 g/mol. The molecule has 0 aliphatic carbocycles. The van der Waals surface area contributed by atoms with Crippen molar-refractivity contribution in [3.05, 3.63) is 65.7 Å². The van der Waals surface area contributed by atoms with Crippen molar-refractivity contribution >= 4 is 23.3 Å². The van der Waals surface area contributed by atoms with Gasteiger partial charge in [-0.1, -0.05) is 63.2 Å². The van der Waals surface area contributed by atoms with Gasteiger partial charge in [-0.05, 0) is 23.1 Å².